The van der Waals surface area contributed by atoms with Gasteiger partial charge in [-0.05, 0) is 49.4 Å². The van der Waals surface area contributed by atoms with Crippen LogP contribution in [0, 0.1) is 6.92 Å². The van der Waals surface area contributed by atoms with E-state index in [0.29, 0.717) is 11.4 Å². The van der Waals surface area contributed by atoms with Crippen LogP contribution in [0.5, 0.6) is 5.75 Å². The summed E-state index contributed by atoms with van der Waals surface area (Å²) in [6.07, 6.45) is 0. The molecular formula is C21H20N4O5S. The third-order valence-electron chi connectivity index (χ3n) is 4.17. The van der Waals surface area contributed by atoms with Crippen LogP contribution in [0.1, 0.15) is 26.5 Å². The first-order chi connectivity index (χ1) is 14.8. The SMILES string of the molecule is COc1ccccc1NS(=O)(=O)c1cccc(C(=O)NNC(=O)c2cccc(C)n2)c1. The van der Waals surface area contributed by atoms with Gasteiger partial charge >= 0.3 is 0 Å². The molecule has 0 radical (unpaired) electrons. The van der Waals surface area contributed by atoms with Crippen LogP contribution in [0.15, 0.2) is 71.6 Å². The molecule has 3 aromatic rings. The van der Waals surface area contributed by atoms with E-state index >= 15 is 0 Å². The van der Waals surface area contributed by atoms with Crippen LogP contribution < -0.4 is 20.3 Å². The van der Waals surface area contributed by atoms with Gasteiger partial charge in [0.15, 0.2) is 0 Å². The maximum Gasteiger partial charge on any atom is 0.288 e. The van der Waals surface area contributed by atoms with E-state index in [4.69, 9.17) is 4.74 Å². The molecule has 3 N–H and O–H groups in total. The molecular weight excluding hydrogens is 420 g/mol. The molecule has 0 saturated heterocycles. The van der Waals surface area contributed by atoms with Gasteiger partial charge in [-0.3, -0.25) is 25.2 Å². The number of aromatic nitrogens is 1. The summed E-state index contributed by atoms with van der Waals surface area (Å²) in [5, 5.41) is 0. The number of hydrazine groups is 1. The number of sulfonamides is 1. The molecule has 10 heteroatoms. The van der Waals surface area contributed by atoms with E-state index in [0.717, 1.165) is 0 Å². The number of hydrogen-bond acceptors (Lipinski definition) is 6. The zero-order valence-electron chi connectivity index (χ0n) is 16.7. The van der Waals surface area contributed by atoms with Crippen molar-refractivity contribution in [3.8, 4) is 5.75 Å². The Labute approximate surface area is 179 Å². The fourth-order valence-corrected chi connectivity index (χ4v) is 3.77. The Morgan fingerprint density at radius 3 is 2.35 bits per heavy atom. The van der Waals surface area contributed by atoms with Gasteiger partial charge in [0, 0.05) is 11.3 Å². The lowest BCUT2D eigenvalue weighted by molar-refractivity contribution is 0.0843. The summed E-state index contributed by atoms with van der Waals surface area (Å²) in [6.45, 7) is 1.74. The summed E-state index contributed by atoms with van der Waals surface area (Å²) in [7, 11) is -2.56. The highest BCUT2D eigenvalue weighted by atomic mass is 32.2. The molecule has 0 fully saturated rings. The molecule has 0 spiro atoms. The van der Waals surface area contributed by atoms with Crippen LogP contribution in [0.2, 0.25) is 0 Å². The molecule has 2 amide bonds. The summed E-state index contributed by atoms with van der Waals surface area (Å²) in [5.41, 5.74) is 5.60. The van der Waals surface area contributed by atoms with Gasteiger partial charge in [0.25, 0.3) is 21.8 Å². The Balaban J connectivity index is 1.73. The number of hydrogen-bond donors (Lipinski definition) is 3. The summed E-state index contributed by atoms with van der Waals surface area (Å²) in [5.74, 6) is -0.929. The second kappa shape index (κ2) is 9.26. The maximum absolute atomic E-state index is 12.8. The first-order valence-corrected chi connectivity index (χ1v) is 10.6. The van der Waals surface area contributed by atoms with Crippen molar-refractivity contribution < 1.29 is 22.7 Å². The molecule has 0 aliphatic carbocycles. The number of carbonyl (C=O) groups is 2. The topological polar surface area (TPSA) is 126 Å². The first kappa shape index (κ1) is 21.8. The van der Waals surface area contributed by atoms with Crippen molar-refractivity contribution in [1.29, 1.82) is 0 Å². The van der Waals surface area contributed by atoms with Gasteiger partial charge in [-0.25, -0.2) is 13.4 Å². The molecule has 0 aliphatic heterocycles. The Morgan fingerprint density at radius 2 is 1.61 bits per heavy atom. The van der Waals surface area contributed by atoms with Gasteiger partial charge in [-0.2, -0.15) is 0 Å². The summed E-state index contributed by atoms with van der Waals surface area (Å²) < 4.78 is 33.1. The summed E-state index contributed by atoms with van der Waals surface area (Å²) >= 11 is 0. The van der Waals surface area contributed by atoms with Crippen LogP contribution in [0.4, 0.5) is 5.69 Å². The lowest BCUT2D eigenvalue weighted by Gasteiger charge is -2.12. The second-order valence-corrected chi connectivity index (χ2v) is 8.09. The highest BCUT2D eigenvalue weighted by Gasteiger charge is 2.18. The molecule has 9 nitrogen and oxygen atoms in total. The zero-order valence-corrected chi connectivity index (χ0v) is 17.6. The van der Waals surface area contributed by atoms with Gasteiger partial charge in [0.2, 0.25) is 0 Å². The minimum absolute atomic E-state index is 0.0420. The second-order valence-electron chi connectivity index (χ2n) is 6.41. The number of pyridine rings is 1. The van der Waals surface area contributed by atoms with Crippen molar-refractivity contribution in [1.82, 2.24) is 15.8 Å². The van der Waals surface area contributed by atoms with E-state index in [1.54, 1.807) is 43.3 Å². The third-order valence-corrected chi connectivity index (χ3v) is 5.53. The van der Waals surface area contributed by atoms with Gasteiger partial charge in [-0.1, -0.05) is 24.3 Å². The average Bonchev–Trinajstić information content (AvgIpc) is 2.77. The van der Waals surface area contributed by atoms with Crippen LogP contribution >= 0.6 is 0 Å². The van der Waals surface area contributed by atoms with Crippen LogP contribution in [-0.2, 0) is 10.0 Å². The standard InChI is InChI=1S/C21H20N4O5S/c1-14-7-5-11-18(22-14)21(27)24-23-20(26)15-8-6-9-16(13-15)31(28,29)25-17-10-3-4-12-19(17)30-2/h3-13,25H,1-2H3,(H,23,26)(H,24,27). The molecule has 0 unspecified atom stereocenters. The van der Waals surface area contributed by atoms with Gasteiger partial charge < -0.3 is 4.74 Å². The predicted molar refractivity (Wildman–Crippen MR) is 114 cm³/mol. The zero-order chi connectivity index (χ0) is 22.4. The molecule has 0 bridgehead atoms. The Kier molecular flexibility index (Phi) is 6.51. The summed E-state index contributed by atoms with van der Waals surface area (Å²) in [6, 6.07) is 16.9. The monoisotopic (exact) mass is 440 g/mol. The molecule has 3 rings (SSSR count). The van der Waals surface area contributed by atoms with Crippen molar-refractivity contribution in [2.24, 2.45) is 0 Å². The minimum atomic E-state index is -3.99. The Bertz CT molecular complexity index is 1230. The van der Waals surface area contributed by atoms with Crippen molar-refractivity contribution in [2.45, 2.75) is 11.8 Å². The molecule has 1 heterocycles. The number of amides is 2. The number of para-hydroxylation sites is 2. The number of nitrogens with one attached hydrogen (secondary N) is 3. The van der Waals surface area contributed by atoms with E-state index in [2.05, 4.69) is 20.6 Å². The highest BCUT2D eigenvalue weighted by molar-refractivity contribution is 7.92. The molecule has 0 atom stereocenters. The number of nitrogens with zero attached hydrogens (tertiary/aromatic N) is 1. The Morgan fingerprint density at radius 1 is 0.903 bits per heavy atom. The molecule has 160 valence electrons. The normalized spacial score (nSPS) is 10.8. The van der Waals surface area contributed by atoms with Crippen molar-refractivity contribution in [3.05, 3.63) is 83.7 Å². The minimum Gasteiger partial charge on any atom is -0.495 e. The van der Waals surface area contributed by atoms with Crippen molar-refractivity contribution >= 4 is 27.5 Å². The number of ether oxygens (including phenoxy) is 1. The predicted octanol–water partition coefficient (Wildman–Crippen LogP) is 2.27. The fraction of sp³-hybridized carbons (Fsp3) is 0.0952. The van der Waals surface area contributed by atoms with E-state index < -0.39 is 21.8 Å². The lowest BCUT2D eigenvalue weighted by Crippen LogP contribution is -2.42. The number of methoxy groups -OCH3 is 1. The van der Waals surface area contributed by atoms with E-state index in [-0.39, 0.29) is 21.8 Å². The number of benzene rings is 2. The molecule has 0 aliphatic rings. The summed E-state index contributed by atoms with van der Waals surface area (Å²) in [4.78, 5) is 28.5. The third kappa shape index (κ3) is 5.37. The number of anilines is 1. The van der Waals surface area contributed by atoms with Crippen LogP contribution in [-0.4, -0.2) is 32.3 Å². The smallest absolute Gasteiger partial charge is 0.288 e. The number of rotatable bonds is 6. The van der Waals surface area contributed by atoms with E-state index in [1.807, 2.05) is 0 Å². The van der Waals surface area contributed by atoms with E-state index in [1.165, 1.54) is 37.4 Å². The van der Waals surface area contributed by atoms with Gasteiger partial charge in [0.1, 0.15) is 11.4 Å². The Hall–Kier alpha value is -3.92. The van der Waals surface area contributed by atoms with E-state index in [9.17, 15) is 18.0 Å². The highest BCUT2D eigenvalue weighted by Crippen LogP contribution is 2.26. The number of carbonyl (C=O) groups excluding carboxylic acids is 2. The molecule has 0 saturated carbocycles. The molecule has 2 aromatic carbocycles. The average molecular weight is 440 g/mol. The fourth-order valence-electron chi connectivity index (χ4n) is 2.66. The van der Waals surface area contributed by atoms with Crippen molar-refractivity contribution in [2.75, 3.05) is 11.8 Å². The quantitative estimate of drug-likeness (QED) is 0.505. The molecule has 31 heavy (non-hydrogen) atoms. The lowest BCUT2D eigenvalue weighted by atomic mass is 10.2. The largest absolute Gasteiger partial charge is 0.495 e. The number of aryl methyl sites for hydroxylation is 1. The molecule has 1 aromatic heterocycles. The van der Waals surface area contributed by atoms with Crippen molar-refractivity contribution in [3.63, 3.8) is 0 Å². The van der Waals surface area contributed by atoms with Gasteiger partial charge in [-0.15, -0.1) is 0 Å². The first-order valence-electron chi connectivity index (χ1n) is 9.10. The maximum atomic E-state index is 12.8. The van der Waals surface area contributed by atoms with Crippen LogP contribution in [0.25, 0.3) is 0 Å². The van der Waals surface area contributed by atoms with Gasteiger partial charge in [0.05, 0.1) is 17.7 Å². The van der Waals surface area contributed by atoms with Crippen LogP contribution in [0.3, 0.4) is 0 Å².